The van der Waals surface area contributed by atoms with Crippen LogP contribution in [0.15, 0.2) is 52.0 Å². The first-order valence-corrected chi connectivity index (χ1v) is 9.61. The van der Waals surface area contributed by atoms with Crippen molar-refractivity contribution in [1.82, 2.24) is 5.43 Å². The Balaban J connectivity index is 1.56. The lowest BCUT2D eigenvalue weighted by Crippen LogP contribution is -2.25. The number of rotatable bonds is 6. The van der Waals surface area contributed by atoms with Crippen LogP contribution in [0.3, 0.4) is 0 Å². The maximum Gasteiger partial charge on any atom is 0.277 e. The van der Waals surface area contributed by atoms with Crippen LogP contribution in [0.25, 0.3) is 11.3 Å². The predicted octanol–water partition coefficient (Wildman–Crippen LogP) is 5.36. The van der Waals surface area contributed by atoms with Gasteiger partial charge in [-0.05, 0) is 68.1 Å². The number of nitrogens with one attached hydrogen (secondary N) is 1. The number of nitrogens with zero attached hydrogens (tertiary/aromatic N) is 1. The van der Waals surface area contributed by atoms with E-state index in [9.17, 15) is 4.79 Å². The normalized spacial score (nSPS) is 11.1. The molecular formula is C23H23ClN2O3. The van der Waals surface area contributed by atoms with Crippen LogP contribution in [0.2, 0.25) is 5.02 Å². The molecule has 0 radical (unpaired) electrons. The molecule has 0 unspecified atom stereocenters. The average Bonchev–Trinajstić information content (AvgIpc) is 3.16. The van der Waals surface area contributed by atoms with Gasteiger partial charge in [0, 0.05) is 10.6 Å². The molecule has 0 aliphatic carbocycles. The SMILES string of the molecule is Cc1ccc(-c2ccc(C=NNC(=O)COc3c(C)ccc(C)c3C)o2)cc1Cl. The lowest BCUT2D eigenvalue weighted by atomic mass is 10.1. The summed E-state index contributed by atoms with van der Waals surface area (Å²) in [6, 6.07) is 13.3. The zero-order valence-corrected chi connectivity index (χ0v) is 17.6. The molecule has 1 heterocycles. The van der Waals surface area contributed by atoms with Gasteiger partial charge in [-0.3, -0.25) is 4.79 Å². The van der Waals surface area contributed by atoms with Crippen LogP contribution in [0.1, 0.15) is 28.0 Å². The van der Waals surface area contributed by atoms with Crippen molar-refractivity contribution in [2.75, 3.05) is 6.61 Å². The molecule has 0 saturated carbocycles. The third-order valence-electron chi connectivity index (χ3n) is 4.69. The van der Waals surface area contributed by atoms with Gasteiger partial charge in [-0.25, -0.2) is 5.43 Å². The number of carbonyl (C=O) groups excluding carboxylic acids is 1. The molecule has 29 heavy (non-hydrogen) atoms. The summed E-state index contributed by atoms with van der Waals surface area (Å²) in [6.07, 6.45) is 1.44. The molecule has 3 rings (SSSR count). The van der Waals surface area contributed by atoms with Gasteiger partial charge < -0.3 is 9.15 Å². The first-order valence-electron chi connectivity index (χ1n) is 9.23. The van der Waals surface area contributed by atoms with Gasteiger partial charge in [0.25, 0.3) is 5.91 Å². The van der Waals surface area contributed by atoms with E-state index in [1.165, 1.54) is 6.21 Å². The number of hydrogen-bond acceptors (Lipinski definition) is 4. The van der Waals surface area contributed by atoms with E-state index < -0.39 is 0 Å². The summed E-state index contributed by atoms with van der Waals surface area (Å²) in [5.41, 5.74) is 7.46. The zero-order valence-electron chi connectivity index (χ0n) is 16.9. The lowest BCUT2D eigenvalue weighted by molar-refractivity contribution is -0.123. The van der Waals surface area contributed by atoms with Crippen LogP contribution in [0.5, 0.6) is 5.75 Å². The van der Waals surface area contributed by atoms with E-state index in [1.54, 1.807) is 6.07 Å². The molecule has 0 saturated heterocycles. The predicted molar refractivity (Wildman–Crippen MR) is 116 cm³/mol. The van der Waals surface area contributed by atoms with Gasteiger partial charge in [0.1, 0.15) is 17.3 Å². The van der Waals surface area contributed by atoms with Gasteiger partial charge in [0.05, 0.1) is 6.21 Å². The molecule has 6 heteroatoms. The van der Waals surface area contributed by atoms with E-state index in [2.05, 4.69) is 10.5 Å². The van der Waals surface area contributed by atoms with E-state index >= 15 is 0 Å². The molecule has 0 aliphatic heterocycles. The summed E-state index contributed by atoms with van der Waals surface area (Å²) in [7, 11) is 0. The lowest BCUT2D eigenvalue weighted by Gasteiger charge is -2.13. The van der Waals surface area contributed by atoms with Crippen LogP contribution >= 0.6 is 11.6 Å². The average molecular weight is 411 g/mol. The number of aryl methyl sites for hydroxylation is 3. The largest absolute Gasteiger partial charge is 0.483 e. The Bertz CT molecular complexity index is 1070. The van der Waals surface area contributed by atoms with Crippen molar-refractivity contribution in [3.05, 3.63) is 75.5 Å². The van der Waals surface area contributed by atoms with Crippen LogP contribution in [0.4, 0.5) is 0 Å². The van der Waals surface area contributed by atoms with Crippen molar-refractivity contribution >= 4 is 23.7 Å². The van der Waals surface area contributed by atoms with Gasteiger partial charge in [-0.2, -0.15) is 5.10 Å². The molecule has 1 N–H and O–H groups in total. The number of ether oxygens (including phenoxy) is 1. The fourth-order valence-electron chi connectivity index (χ4n) is 2.81. The Morgan fingerprint density at radius 3 is 2.55 bits per heavy atom. The minimum Gasteiger partial charge on any atom is -0.483 e. The molecule has 0 bridgehead atoms. The molecule has 0 atom stereocenters. The van der Waals surface area contributed by atoms with E-state index in [0.717, 1.165) is 33.6 Å². The number of furan rings is 1. The number of halogens is 1. The number of carbonyl (C=O) groups is 1. The van der Waals surface area contributed by atoms with Gasteiger partial charge >= 0.3 is 0 Å². The number of benzene rings is 2. The molecule has 150 valence electrons. The minimum absolute atomic E-state index is 0.117. The summed E-state index contributed by atoms with van der Waals surface area (Å²) in [5, 5.41) is 4.61. The summed E-state index contributed by atoms with van der Waals surface area (Å²) in [4.78, 5) is 12.0. The first-order chi connectivity index (χ1) is 13.8. The third-order valence-corrected chi connectivity index (χ3v) is 5.09. The van der Waals surface area contributed by atoms with E-state index in [0.29, 0.717) is 16.5 Å². The molecule has 0 spiro atoms. The number of amides is 1. The van der Waals surface area contributed by atoms with Crippen molar-refractivity contribution in [2.24, 2.45) is 5.10 Å². The van der Waals surface area contributed by atoms with E-state index in [-0.39, 0.29) is 12.5 Å². The Morgan fingerprint density at radius 2 is 1.79 bits per heavy atom. The fraction of sp³-hybridized carbons (Fsp3) is 0.217. The number of hydrogen-bond donors (Lipinski definition) is 1. The molecule has 1 amide bonds. The summed E-state index contributed by atoms with van der Waals surface area (Å²) in [6.45, 7) is 7.76. The van der Waals surface area contributed by atoms with Crippen molar-refractivity contribution < 1.29 is 13.9 Å². The van der Waals surface area contributed by atoms with E-state index in [1.807, 2.05) is 64.1 Å². The molecular weight excluding hydrogens is 388 g/mol. The molecule has 3 aromatic rings. The minimum atomic E-state index is -0.348. The molecule has 0 aliphatic rings. The standard InChI is InChI=1S/C23H23ClN2O3/c1-14-5-6-16(3)23(17(14)4)28-13-22(27)26-25-12-19-9-10-21(29-19)18-8-7-15(2)20(24)11-18/h5-12H,13H2,1-4H3,(H,26,27). The van der Waals surface area contributed by atoms with Crippen LogP contribution in [0, 0.1) is 27.7 Å². The van der Waals surface area contributed by atoms with Crippen LogP contribution in [-0.4, -0.2) is 18.7 Å². The highest BCUT2D eigenvalue weighted by Gasteiger charge is 2.09. The highest BCUT2D eigenvalue weighted by atomic mass is 35.5. The quantitative estimate of drug-likeness (QED) is 0.439. The summed E-state index contributed by atoms with van der Waals surface area (Å²) >= 11 is 6.16. The van der Waals surface area contributed by atoms with E-state index in [4.69, 9.17) is 20.8 Å². The Hall–Kier alpha value is -3.05. The monoisotopic (exact) mass is 410 g/mol. The van der Waals surface area contributed by atoms with Crippen LogP contribution < -0.4 is 10.2 Å². The third kappa shape index (κ3) is 5.06. The van der Waals surface area contributed by atoms with Gasteiger partial charge in [-0.1, -0.05) is 35.9 Å². The van der Waals surface area contributed by atoms with Gasteiger partial charge in [-0.15, -0.1) is 0 Å². The fourth-order valence-corrected chi connectivity index (χ4v) is 2.99. The van der Waals surface area contributed by atoms with Gasteiger partial charge in [0.2, 0.25) is 0 Å². The van der Waals surface area contributed by atoms with Gasteiger partial charge in [0.15, 0.2) is 6.61 Å². The molecule has 5 nitrogen and oxygen atoms in total. The first kappa shape index (κ1) is 20.7. The van der Waals surface area contributed by atoms with Crippen molar-refractivity contribution in [1.29, 1.82) is 0 Å². The van der Waals surface area contributed by atoms with Crippen molar-refractivity contribution in [2.45, 2.75) is 27.7 Å². The van der Waals surface area contributed by atoms with Crippen molar-refractivity contribution in [3.63, 3.8) is 0 Å². The summed E-state index contributed by atoms with van der Waals surface area (Å²) < 4.78 is 11.4. The maximum absolute atomic E-state index is 12.0. The Kier molecular flexibility index (Phi) is 6.39. The van der Waals surface area contributed by atoms with Crippen molar-refractivity contribution in [3.8, 4) is 17.1 Å². The Labute approximate surface area is 175 Å². The molecule has 0 fully saturated rings. The second-order valence-corrected chi connectivity index (χ2v) is 7.31. The summed E-state index contributed by atoms with van der Waals surface area (Å²) in [5.74, 6) is 1.58. The zero-order chi connectivity index (χ0) is 21.0. The second-order valence-electron chi connectivity index (χ2n) is 6.90. The Morgan fingerprint density at radius 1 is 1.07 bits per heavy atom. The highest BCUT2D eigenvalue weighted by Crippen LogP contribution is 2.27. The maximum atomic E-state index is 12.0. The number of hydrazone groups is 1. The molecule has 1 aromatic heterocycles. The smallest absolute Gasteiger partial charge is 0.277 e. The van der Waals surface area contributed by atoms with Crippen LogP contribution in [-0.2, 0) is 4.79 Å². The molecule has 2 aromatic carbocycles. The highest BCUT2D eigenvalue weighted by molar-refractivity contribution is 6.31. The topological polar surface area (TPSA) is 63.8 Å². The second kappa shape index (κ2) is 8.97.